The van der Waals surface area contributed by atoms with Crippen LogP contribution in [0.5, 0.6) is 0 Å². The lowest BCUT2D eigenvalue weighted by Gasteiger charge is -2.23. The van der Waals surface area contributed by atoms with E-state index in [9.17, 15) is 4.79 Å². The number of benzene rings is 3. The van der Waals surface area contributed by atoms with Crippen molar-refractivity contribution in [2.45, 2.75) is 19.6 Å². The molecule has 4 aromatic rings. The molecule has 1 amide bonds. The van der Waals surface area contributed by atoms with Crippen LogP contribution in [0.1, 0.15) is 27.2 Å². The number of carbonyl (C=O) groups excluding carboxylic acids is 1. The first-order valence-electron chi connectivity index (χ1n) is 10.5. The second kappa shape index (κ2) is 10.8. The third kappa shape index (κ3) is 6.00. The maximum absolute atomic E-state index is 13.4. The fourth-order valence-electron chi connectivity index (χ4n) is 3.33. The SMILES string of the molecule is O=C(c1ccnc(NNCc2ccccc2)n1)N(Cc1ccccc1)Cc1ccccc1. The summed E-state index contributed by atoms with van der Waals surface area (Å²) in [5.74, 6) is 0.206. The summed E-state index contributed by atoms with van der Waals surface area (Å²) in [5.41, 5.74) is 9.68. The maximum atomic E-state index is 13.4. The van der Waals surface area contributed by atoms with Gasteiger partial charge in [0.25, 0.3) is 5.91 Å². The number of anilines is 1. The van der Waals surface area contributed by atoms with Gasteiger partial charge in [0.15, 0.2) is 0 Å². The van der Waals surface area contributed by atoms with Gasteiger partial charge in [-0.25, -0.2) is 15.4 Å². The van der Waals surface area contributed by atoms with Crippen molar-refractivity contribution in [2.75, 3.05) is 5.43 Å². The molecule has 2 N–H and O–H groups in total. The van der Waals surface area contributed by atoms with E-state index in [1.807, 2.05) is 91.0 Å². The molecule has 0 fully saturated rings. The minimum Gasteiger partial charge on any atom is -0.329 e. The Morgan fingerprint density at radius 2 is 1.25 bits per heavy atom. The minimum atomic E-state index is -0.147. The van der Waals surface area contributed by atoms with Crippen LogP contribution in [0.25, 0.3) is 0 Å². The highest BCUT2D eigenvalue weighted by Crippen LogP contribution is 2.14. The smallest absolute Gasteiger partial charge is 0.273 e. The Hall–Kier alpha value is -4.03. The van der Waals surface area contributed by atoms with Crippen LogP contribution in [-0.2, 0) is 19.6 Å². The van der Waals surface area contributed by atoms with Gasteiger partial charge < -0.3 is 4.90 Å². The van der Waals surface area contributed by atoms with E-state index in [1.165, 1.54) is 0 Å². The molecule has 0 aliphatic carbocycles. The number of rotatable bonds is 9. The van der Waals surface area contributed by atoms with Crippen molar-refractivity contribution in [3.05, 3.63) is 126 Å². The lowest BCUT2D eigenvalue weighted by atomic mass is 10.1. The van der Waals surface area contributed by atoms with Crippen molar-refractivity contribution < 1.29 is 4.79 Å². The van der Waals surface area contributed by atoms with Gasteiger partial charge in [0.2, 0.25) is 5.95 Å². The van der Waals surface area contributed by atoms with E-state index >= 15 is 0 Å². The molecule has 3 aromatic carbocycles. The summed E-state index contributed by atoms with van der Waals surface area (Å²) < 4.78 is 0. The van der Waals surface area contributed by atoms with Crippen molar-refractivity contribution in [3.8, 4) is 0 Å². The van der Waals surface area contributed by atoms with Crippen molar-refractivity contribution in [2.24, 2.45) is 0 Å². The molecule has 160 valence electrons. The molecule has 0 spiro atoms. The molecular formula is C26H25N5O. The molecule has 1 aromatic heterocycles. The number of amides is 1. The fraction of sp³-hybridized carbons (Fsp3) is 0.115. The number of nitrogens with zero attached hydrogens (tertiary/aromatic N) is 3. The molecule has 32 heavy (non-hydrogen) atoms. The standard InChI is InChI=1S/C26H25N5O/c32-25(24-16-17-27-26(29-24)30-28-18-21-10-4-1-5-11-21)31(19-22-12-6-2-7-13-22)20-23-14-8-3-9-15-23/h1-17,28H,18-20H2,(H,27,29,30). The first-order chi connectivity index (χ1) is 15.8. The molecule has 0 radical (unpaired) electrons. The van der Waals surface area contributed by atoms with Gasteiger partial charge in [-0.05, 0) is 22.8 Å². The average Bonchev–Trinajstić information content (AvgIpc) is 2.85. The highest BCUT2D eigenvalue weighted by molar-refractivity contribution is 5.92. The molecule has 6 nitrogen and oxygen atoms in total. The largest absolute Gasteiger partial charge is 0.329 e. The second-order valence-corrected chi connectivity index (χ2v) is 7.36. The van der Waals surface area contributed by atoms with Crippen LogP contribution >= 0.6 is 0 Å². The predicted octanol–water partition coefficient (Wildman–Crippen LogP) is 4.44. The van der Waals surface area contributed by atoms with Crippen LogP contribution in [0, 0.1) is 0 Å². The van der Waals surface area contributed by atoms with E-state index in [0.717, 1.165) is 16.7 Å². The zero-order valence-corrected chi connectivity index (χ0v) is 17.7. The number of aromatic nitrogens is 2. The zero-order chi connectivity index (χ0) is 22.0. The summed E-state index contributed by atoms with van der Waals surface area (Å²) in [6.45, 7) is 1.59. The summed E-state index contributed by atoms with van der Waals surface area (Å²) in [6.07, 6.45) is 1.59. The summed E-state index contributed by atoms with van der Waals surface area (Å²) in [4.78, 5) is 23.8. The highest BCUT2D eigenvalue weighted by Gasteiger charge is 2.19. The Morgan fingerprint density at radius 3 is 1.81 bits per heavy atom. The number of carbonyl (C=O) groups is 1. The molecule has 1 heterocycles. The Labute approximate surface area is 187 Å². The van der Waals surface area contributed by atoms with Gasteiger partial charge in [-0.3, -0.25) is 10.2 Å². The van der Waals surface area contributed by atoms with E-state index in [0.29, 0.717) is 31.3 Å². The molecule has 0 saturated heterocycles. The maximum Gasteiger partial charge on any atom is 0.273 e. The van der Waals surface area contributed by atoms with Crippen molar-refractivity contribution in [1.82, 2.24) is 20.3 Å². The van der Waals surface area contributed by atoms with Gasteiger partial charge in [0, 0.05) is 25.8 Å². The topological polar surface area (TPSA) is 70.1 Å². The van der Waals surface area contributed by atoms with Gasteiger partial charge >= 0.3 is 0 Å². The second-order valence-electron chi connectivity index (χ2n) is 7.36. The van der Waals surface area contributed by atoms with Gasteiger partial charge in [-0.1, -0.05) is 91.0 Å². The Kier molecular flexibility index (Phi) is 7.18. The first-order valence-corrected chi connectivity index (χ1v) is 10.5. The summed E-state index contributed by atoms with van der Waals surface area (Å²) >= 11 is 0. The van der Waals surface area contributed by atoms with Crippen LogP contribution in [0.15, 0.2) is 103 Å². The third-order valence-corrected chi connectivity index (χ3v) is 4.93. The number of hydrogen-bond donors (Lipinski definition) is 2. The van der Waals surface area contributed by atoms with E-state index in [1.54, 1.807) is 17.2 Å². The van der Waals surface area contributed by atoms with Crippen LogP contribution in [-0.4, -0.2) is 20.8 Å². The van der Waals surface area contributed by atoms with Gasteiger partial charge in [-0.2, -0.15) is 0 Å². The Morgan fingerprint density at radius 1 is 0.719 bits per heavy atom. The van der Waals surface area contributed by atoms with Crippen molar-refractivity contribution >= 4 is 11.9 Å². The molecule has 0 aliphatic rings. The van der Waals surface area contributed by atoms with Gasteiger partial charge in [-0.15, -0.1) is 0 Å². The molecule has 0 unspecified atom stereocenters. The number of nitrogens with one attached hydrogen (secondary N) is 2. The zero-order valence-electron chi connectivity index (χ0n) is 17.7. The first kappa shape index (κ1) is 21.2. The third-order valence-electron chi connectivity index (χ3n) is 4.93. The lowest BCUT2D eigenvalue weighted by Crippen LogP contribution is -2.31. The Balaban J connectivity index is 1.47. The van der Waals surface area contributed by atoms with Gasteiger partial charge in [0.05, 0.1) is 0 Å². The lowest BCUT2D eigenvalue weighted by molar-refractivity contribution is 0.0724. The number of hydrazine groups is 1. The van der Waals surface area contributed by atoms with Crippen LogP contribution in [0.3, 0.4) is 0 Å². The highest BCUT2D eigenvalue weighted by atomic mass is 16.2. The number of hydrogen-bond acceptors (Lipinski definition) is 5. The van der Waals surface area contributed by atoms with Crippen molar-refractivity contribution in [3.63, 3.8) is 0 Å². The van der Waals surface area contributed by atoms with Crippen LogP contribution in [0.4, 0.5) is 5.95 Å². The normalized spacial score (nSPS) is 10.5. The summed E-state index contributed by atoms with van der Waals surface area (Å²) in [6, 6.07) is 31.6. The van der Waals surface area contributed by atoms with Crippen LogP contribution in [0.2, 0.25) is 0 Å². The van der Waals surface area contributed by atoms with Crippen LogP contribution < -0.4 is 10.9 Å². The quantitative estimate of drug-likeness (QED) is 0.390. The minimum absolute atomic E-state index is 0.147. The average molecular weight is 424 g/mol. The van der Waals surface area contributed by atoms with E-state index in [2.05, 4.69) is 20.8 Å². The predicted molar refractivity (Wildman–Crippen MR) is 125 cm³/mol. The summed E-state index contributed by atoms with van der Waals surface area (Å²) in [5, 5.41) is 0. The molecule has 0 saturated carbocycles. The Bertz CT molecular complexity index is 1080. The molecule has 0 bridgehead atoms. The van der Waals surface area contributed by atoms with Crippen molar-refractivity contribution in [1.29, 1.82) is 0 Å². The molecule has 0 atom stereocenters. The van der Waals surface area contributed by atoms with Gasteiger partial charge in [0.1, 0.15) is 5.69 Å². The molecule has 0 aliphatic heterocycles. The summed E-state index contributed by atoms with van der Waals surface area (Å²) in [7, 11) is 0. The van der Waals surface area contributed by atoms with E-state index in [-0.39, 0.29) is 5.91 Å². The molecule has 4 rings (SSSR count). The monoisotopic (exact) mass is 423 g/mol. The fourth-order valence-corrected chi connectivity index (χ4v) is 3.33. The molecular weight excluding hydrogens is 398 g/mol. The van der Waals surface area contributed by atoms with E-state index in [4.69, 9.17) is 0 Å². The molecule has 6 heteroatoms. The van der Waals surface area contributed by atoms with E-state index < -0.39 is 0 Å².